The van der Waals surface area contributed by atoms with E-state index in [2.05, 4.69) is 38.3 Å². The van der Waals surface area contributed by atoms with Crippen molar-refractivity contribution in [2.24, 2.45) is 11.8 Å². The Bertz CT molecular complexity index is 652. The number of hydrogen-bond donors (Lipinski definition) is 1. The van der Waals surface area contributed by atoms with Crippen LogP contribution in [0, 0.1) is 11.8 Å². The van der Waals surface area contributed by atoms with Crippen molar-refractivity contribution in [2.75, 3.05) is 19.6 Å². The van der Waals surface area contributed by atoms with E-state index in [0.29, 0.717) is 12.5 Å². The molecule has 1 N–H and O–H groups in total. The van der Waals surface area contributed by atoms with E-state index < -0.39 is 0 Å². The molecule has 162 valence electrons. The summed E-state index contributed by atoms with van der Waals surface area (Å²) < 4.78 is 1.19. The number of nitrogens with one attached hydrogen (secondary N) is 1. The van der Waals surface area contributed by atoms with Crippen molar-refractivity contribution in [3.05, 3.63) is 33.3 Å². The fourth-order valence-electron chi connectivity index (χ4n) is 4.95. The van der Waals surface area contributed by atoms with Crippen LogP contribution in [-0.2, 0) is 11.2 Å². The summed E-state index contributed by atoms with van der Waals surface area (Å²) in [5.41, 5.74) is 1.35. The van der Waals surface area contributed by atoms with Crippen LogP contribution in [-0.4, -0.2) is 36.5 Å². The molecule has 1 saturated heterocycles. The minimum absolute atomic E-state index is 0.208. The van der Waals surface area contributed by atoms with Gasteiger partial charge in [-0.25, -0.2) is 0 Å². The maximum absolute atomic E-state index is 11.5. The highest BCUT2D eigenvalue weighted by atomic mass is 79.9. The molecule has 0 aromatic heterocycles. The molecule has 1 aliphatic carbocycles. The number of carbonyl (C=O) groups is 1. The number of amides is 1. The fraction of sp³-hybridized carbons (Fsp3) is 0.708. The van der Waals surface area contributed by atoms with Gasteiger partial charge in [-0.05, 0) is 113 Å². The third-order valence-corrected chi connectivity index (χ3v) is 7.85. The van der Waals surface area contributed by atoms with Gasteiger partial charge in [0.1, 0.15) is 0 Å². The van der Waals surface area contributed by atoms with Crippen molar-refractivity contribution < 1.29 is 4.79 Å². The number of halogens is 2. The first-order valence-electron chi connectivity index (χ1n) is 11.5. The Morgan fingerprint density at radius 1 is 1.14 bits per heavy atom. The second-order valence-corrected chi connectivity index (χ2v) is 10.3. The van der Waals surface area contributed by atoms with Crippen LogP contribution in [0.2, 0.25) is 5.02 Å². The average Bonchev–Trinajstić information content (AvgIpc) is 2.73. The number of carbonyl (C=O) groups excluding carboxylic acids is 1. The summed E-state index contributed by atoms with van der Waals surface area (Å²) in [6.07, 6.45) is 11.9. The minimum Gasteiger partial charge on any atom is -0.353 e. The highest BCUT2D eigenvalue weighted by molar-refractivity contribution is 9.10. The van der Waals surface area contributed by atoms with E-state index >= 15 is 0 Å². The van der Waals surface area contributed by atoms with E-state index in [1.807, 2.05) is 13.0 Å². The van der Waals surface area contributed by atoms with Crippen LogP contribution in [0.4, 0.5) is 0 Å². The molecular formula is C24H36BrClN2O. The van der Waals surface area contributed by atoms with Crippen LogP contribution in [0.15, 0.2) is 22.7 Å². The third-order valence-electron chi connectivity index (χ3n) is 6.84. The van der Waals surface area contributed by atoms with Crippen LogP contribution < -0.4 is 5.32 Å². The zero-order valence-electron chi connectivity index (χ0n) is 17.8. The molecule has 2 aliphatic rings. The maximum Gasteiger partial charge on any atom is 0.219 e. The van der Waals surface area contributed by atoms with Crippen molar-refractivity contribution in [1.29, 1.82) is 0 Å². The summed E-state index contributed by atoms with van der Waals surface area (Å²) in [5, 5.41) is 4.00. The highest BCUT2D eigenvalue weighted by Gasteiger charge is 2.23. The Morgan fingerprint density at radius 2 is 1.86 bits per heavy atom. The van der Waals surface area contributed by atoms with Gasteiger partial charge in [0.15, 0.2) is 0 Å². The van der Waals surface area contributed by atoms with Gasteiger partial charge in [-0.2, -0.15) is 0 Å². The second kappa shape index (κ2) is 11.7. The first-order chi connectivity index (χ1) is 14.0. The van der Waals surface area contributed by atoms with Gasteiger partial charge in [-0.3, -0.25) is 4.79 Å². The number of piperidine rings is 1. The molecule has 1 aromatic carbocycles. The van der Waals surface area contributed by atoms with E-state index in [0.717, 1.165) is 23.3 Å². The molecule has 1 aliphatic heterocycles. The molecule has 1 saturated carbocycles. The lowest BCUT2D eigenvalue weighted by atomic mass is 9.83. The van der Waals surface area contributed by atoms with Gasteiger partial charge in [-0.15, -0.1) is 0 Å². The molecule has 5 heteroatoms. The standard InChI is InChI=1S/C24H36BrClN2O/c1-2-24(29)27-22-8-5-18(6-9-22)4-3-13-28-14-11-19(12-15-28)16-20-17-21(26)7-10-23(20)25/h7,10,17-19,22H,2-6,8-9,11-16H2,1H3,(H,27,29). The maximum atomic E-state index is 11.5. The smallest absolute Gasteiger partial charge is 0.219 e. The van der Waals surface area contributed by atoms with Crippen molar-refractivity contribution in [3.8, 4) is 0 Å². The Morgan fingerprint density at radius 3 is 2.55 bits per heavy atom. The molecule has 29 heavy (non-hydrogen) atoms. The lowest BCUT2D eigenvalue weighted by Crippen LogP contribution is -2.37. The van der Waals surface area contributed by atoms with E-state index in [1.54, 1.807) is 0 Å². The Kier molecular flexibility index (Phi) is 9.33. The van der Waals surface area contributed by atoms with Crippen molar-refractivity contribution in [3.63, 3.8) is 0 Å². The molecule has 0 atom stereocenters. The quantitative estimate of drug-likeness (QED) is 0.476. The summed E-state index contributed by atoms with van der Waals surface area (Å²) in [5.74, 6) is 1.84. The van der Waals surface area contributed by atoms with Crippen molar-refractivity contribution in [1.82, 2.24) is 10.2 Å². The topological polar surface area (TPSA) is 32.3 Å². The van der Waals surface area contributed by atoms with Crippen LogP contribution in [0.3, 0.4) is 0 Å². The van der Waals surface area contributed by atoms with Gasteiger partial charge in [0.2, 0.25) is 5.91 Å². The Labute approximate surface area is 190 Å². The first-order valence-corrected chi connectivity index (χ1v) is 12.7. The van der Waals surface area contributed by atoms with Gasteiger partial charge in [0.05, 0.1) is 0 Å². The summed E-state index contributed by atoms with van der Waals surface area (Å²) in [6, 6.07) is 6.56. The van der Waals surface area contributed by atoms with E-state index in [1.165, 1.54) is 81.0 Å². The average molecular weight is 484 g/mol. The van der Waals surface area contributed by atoms with Crippen molar-refractivity contribution in [2.45, 2.75) is 77.2 Å². The number of hydrogen-bond acceptors (Lipinski definition) is 2. The molecule has 0 radical (unpaired) electrons. The van der Waals surface area contributed by atoms with E-state index in [9.17, 15) is 4.79 Å². The van der Waals surface area contributed by atoms with Crippen LogP contribution in [0.5, 0.6) is 0 Å². The van der Waals surface area contributed by atoms with Crippen LogP contribution in [0.25, 0.3) is 0 Å². The molecule has 0 spiro atoms. The number of likely N-dealkylation sites (tertiary alicyclic amines) is 1. The second-order valence-electron chi connectivity index (χ2n) is 9.01. The number of nitrogens with zero attached hydrogens (tertiary/aromatic N) is 1. The largest absolute Gasteiger partial charge is 0.353 e. The van der Waals surface area contributed by atoms with E-state index in [-0.39, 0.29) is 5.91 Å². The van der Waals surface area contributed by atoms with Gasteiger partial charge < -0.3 is 10.2 Å². The van der Waals surface area contributed by atoms with Crippen LogP contribution in [0.1, 0.15) is 70.3 Å². The molecular weight excluding hydrogens is 448 g/mol. The van der Waals surface area contributed by atoms with Gasteiger partial charge in [0, 0.05) is 22.0 Å². The SMILES string of the molecule is CCC(=O)NC1CCC(CCCN2CCC(Cc3cc(Cl)ccc3Br)CC2)CC1. The monoisotopic (exact) mass is 482 g/mol. The van der Waals surface area contributed by atoms with Crippen LogP contribution >= 0.6 is 27.5 Å². The Balaban J connectivity index is 1.29. The zero-order chi connectivity index (χ0) is 20.6. The number of benzene rings is 1. The molecule has 0 unspecified atom stereocenters. The van der Waals surface area contributed by atoms with Gasteiger partial charge >= 0.3 is 0 Å². The van der Waals surface area contributed by atoms with Gasteiger partial charge in [0.25, 0.3) is 0 Å². The molecule has 1 heterocycles. The summed E-state index contributed by atoms with van der Waals surface area (Å²) in [6.45, 7) is 5.65. The summed E-state index contributed by atoms with van der Waals surface area (Å²) >= 11 is 9.84. The Hall–Kier alpha value is -0.580. The molecule has 3 rings (SSSR count). The normalized spacial score (nSPS) is 23.8. The van der Waals surface area contributed by atoms with Gasteiger partial charge in [-0.1, -0.05) is 34.5 Å². The molecule has 0 bridgehead atoms. The van der Waals surface area contributed by atoms with E-state index in [4.69, 9.17) is 11.6 Å². The minimum atomic E-state index is 0.208. The highest BCUT2D eigenvalue weighted by Crippen LogP contribution is 2.30. The predicted octanol–water partition coefficient (Wildman–Crippen LogP) is 6.22. The molecule has 1 aromatic rings. The molecule has 1 amide bonds. The lowest BCUT2D eigenvalue weighted by Gasteiger charge is -2.33. The molecule has 2 fully saturated rings. The summed E-state index contributed by atoms with van der Waals surface area (Å²) in [4.78, 5) is 14.2. The third kappa shape index (κ3) is 7.56. The fourth-order valence-corrected chi connectivity index (χ4v) is 5.56. The first kappa shape index (κ1) is 23.1. The number of rotatable bonds is 8. The predicted molar refractivity (Wildman–Crippen MR) is 125 cm³/mol. The molecule has 3 nitrogen and oxygen atoms in total. The van der Waals surface area contributed by atoms with Crippen molar-refractivity contribution >= 4 is 33.4 Å². The lowest BCUT2D eigenvalue weighted by molar-refractivity contribution is -0.121. The summed E-state index contributed by atoms with van der Waals surface area (Å²) in [7, 11) is 0. The zero-order valence-corrected chi connectivity index (χ0v) is 20.1.